The highest BCUT2D eigenvalue weighted by molar-refractivity contribution is 9.10. The van der Waals surface area contributed by atoms with Crippen LogP contribution in [0.15, 0.2) is 28.7 Å². The van der Waals surface area contributed by atoms with Crippen molar-refractivity contribution in [3.8, 4) is 0 Å². The first-order valence-electron chi connectivity index (χ1n) is 3.72. The average Bonchev–Trinajstić information content (AvgIpc) is 2.03. The number of aliphatic hydroxyl groups is 1. The molecule has 4 heteroatoms. The van der Waals surface area contributed by atoms with Crippen LogP contribution in [0.3, 0.4) is 0 Å². The molecule has 1 aromatic rings. The highest BCUT2D eigenvalue weighted by atomic mass is 79.9. The van der Waals surface area contributed by atoms with Crippen molar-refractivity contribution in [3.63, 3.8) is 0 Å². The van der Waals surface area contributed by atoms with Crippen molar-refractivity contribution >= 4 is 15.9 Å². The predicted molar refractivity (Wildman–Crippen MR) is 49.7 cm³/mol. The van der Waals surface area contributed by atoms with Crippen LogP contribution in [0.4, 0.5) is 8.78 Å². The van der Waals surface area contributed by atoms with E-state index in [4.69, 9.17) is 0 Å². The summed E-state index contributed by atoms with van der Waals surface area (Å²) in [6, 6.07) is 6.16. The second kappa shape index (κ2) is 3.72. The third-order valence-corrected chi connectivity index (χ3v) is 2.19. The molecule has 1 atom stereocenters. The summed E-state index contributed by atoms with van der Waals surface area (Å²) in [6.07, 6.45) is -1.74. The van der Waals surface area contributed by atoms with Crippen LogP contribution < -0.4 is 0 Å². The van der Waals surface area contributed by atoms with E-state index in [1.807, 2.05) is 0 Å². The number of hydrogen-bond acceptors (Lipinski definition) is 1. The van der Waals surface area contributed by atoms with Gasteiger partial charge in [-0.15, -0.1) is 0 Å². The van der Waals surface area contributed by atoms with Crippen molar-refractivity contribution in [2.24, 2.45) is 0 Å². The third-order valence-electron chi connectivity index (χ3n) is 1.67. The molecule has 0 radical (unpaired) electrons. The van der Waals surface area contributed by atoms with E-state index in [0.29, 0.717) is 6.92 Å². The van der Waals surface area contributed by atoms with Gasteiger partial charge in [-0.25, -0.2) is 8.78 Å². The van der Waals surface area contributed by atoms with E-state index in [-0.39, 0.29) is 5.56 Å². The molecule has 1 rings (SSSR count). The van der Waals surface area contributed by atoms with Gasteiger partial charge < -0.3 is 5.11 Å². The van der Waals surface area contributed by atoms with Crippen LogP contribution in [0.2, 0.25) is 0 Å². The van der Waals surface area contributed by atoms with Gasteiger partial charge in [0.05, 0.1) is 0 Å². The summed E-state index contributed by atoms with van der Waals surface area (Å²) < 4.78 is 26.1. The van der Waals surface area contributed by atoms with Crippen molar-refractivity contribution in [3.05, 3.63) is 34.3 Å². The van der Waals surface area contributed by atoms with Crippen molar-refractivity contribution in [2.45, 2.75) is 19.0 Å². The van der Waals surface area contributed by atoms with Crippen LogP contribution in [-0.2, 0) is 0 Å². The Kier molecular flexibility index (Phi) is 3.03. The van der Waals surface area contributed by atoms with Crippen LogP contribution in [0.25, 0.3) is 0 Å². The van der Waals surface area contributed by atoms with Gasteiger partial charge in [0, 0.05) is 11.4 Å². The molecule has 0 amide bonds. The highest BCUT2D eigenvalue weighted by Gasteiger charge is 2.33. The quantitative estimate of drug-likeness (QED) is 0.856. The number of benzene rings is 1. The van der Waals surface area contributed by atoms with Gasteiger partial charge in [0.25, 0.3) is 5.92 Å². The van der Waals surface area contributed by atoms with Gasteiger partial charge in [-0.05, 0) is 17.7 Å². The Hall–Kier alpha value is -0.480. The van der Waals surface area contributed by atoms with E-state index in [9.17, 15) is 13.9 Å². The van der Waals surface area contributed by atoms with Crippen molar-refractivity contribution in [1.82, 2.24) is 0 Å². The van der Waals surface area contributed by atoms with Crippen LogP contribution >= 0.6 is 15.9 Å². The minimum atomic E-state index is -3.10. The monoisotopic (exact) mass is 250 g/mol. The molecule has 0 aliphatic heterocycles. The zero-order chi connectivity index (χ0) is 10.1. The molecule has 0 aliphatic rings. The molecule has 0 saturated heterocycles. The van der Waals surface area contributed by atoms with E-state index in [1.54, 1.807) is 12.1 Å². The van der Waals surface area contributed by atoms with Gasteiger partial charge >= 0.3 is 0 Å². The molecule has 0 aliphatic carbocycles. The molecule has 0 spiro atoms. The molecule has 1 aromatic carbocycles. The molecular weight excluding hydrogens is 242 g/mol. The molecule has 13 heavy (non-hydrogen) atoms. The first-order valence-corrected chi connectivity index (χ1v) is 4.52. The molecule has 0 fully saturated rings. The normalized spacial score (nSPS) is 14.2. The Labute approximate surface area is 83.5 Å². The van der Waals surface area contributed by atoms with Crippen LogP contribution in [-0.4, -0.2) is 11.0 Å². The Bertz CT molecular complexity index is 279. The minimum Gasteiger partial charge on any atom is -0.382 e. The second-order valence-electron chi connectivity index (χ2n) is 2.91. The molecule has 0 aromatic heterocycles. The van der Waals surface area contributed by atoms with Crippen LogP contribution in [0.1, 0.15) is 18.6 Å². The summed E-state index contributed by atoms with van der Waals surface area (Å²) in [7, 11) is 0. The maximum absolute atomic E-state index is 12.6. The molecular formula is C9H9BrF2O. The summed E-state index contributed by atoms with van der Waals surface area (Å²) in [5.41, 5.74) is 0.218. The lowest BCUT2D eigenvalue weighted by molar-refractivity contribution is -0.0954. The molecule has 1 N–H and O–H groups in total. The topological polar surface area (TPSA) is 20.2 Å². The van der Waals surface area contributed by atoms with Gasteiger partial charge in [0.2, 0.25) is 0 Å². The molecule has 0 bridgehead atoms. The zero-order valence-corrected chi connectivity index (χ0v) is 8.55. The van der Waals surface area contributed by atoms with Crippen molar-refractivity contribution in [2.75, 3.05) is 0 Å². The Morgan fingerprint density at radius 3 is 2.15 bits per heavy atom. The summed E-state index contributed by atoms with van der Waals surface area (Å²) >= 11 is 3.18. The van der Waals surface area contributed by atoms with E-state index >= 15 is 0 Å². The first-order chi connectivity index (χ1) is 5.91. The Morgan fingerprint density at radius 1 is 1.31 bits per heavy atom. The fourth-order valence-corrected chi connectivity index (χ4v) is 1.20. The lowest BCUT2D eigenvalue weighted by atomic mass is 10.1. The van der Waals surface area contributed by atoms with Crippen LogP contribution in [0, 0.1) is 0 Å². The summed E-state index contributed by atoms with van der Waals surface area (Å²) in [4.78, 5) is 0. The van der Waals surface area contributed by atoms with E-state index in [0.717, 1.165) is 4.47 Å². The summed E-state index contributed by atoms with van der Waals surface area (Å²) in [5.74, 6) is -3.10. The molecule has 1 nitrogen and oxygen atoms in total. The second-order valence-corrected chi connectivity index (χ2v) is 3.83. The lowest BCUT2D eigenvalue weighted by Gasteiger charge is -2.18. The average molecular weight is 251 g/mol. The van der Waals surface area contributed by atoms with E-state index < -0.39 is 12.0 Å². The van der Waals surface area contributed by atoms with Crippen molar-refractivity contribution < 1.29 is 13.9 Å². The molecule has 0 saturated carbocycles. The van der Waals surface area contributed by atoms with Crippen LogP contribution in [0.5, 0.6) is 0 Å². The van der Waals surface area contributed by atoms with E-state index in [2.05, 4.69) is 15.9 Å². The fourth-order valence-electron chi connectivity index (χ4n) is 0.938. The lowest BCUT2D eigenvalue weighted by Crippen LogP contribution is -2.21. The zero-order valence-electron chi connectivity index (χ0n) is 6.97. The standard InChI is InChI=1S/C9H9BrF2O/c1-9(11,12)8(13)6-2-4-7(10)5-3-6/h2-5,8,13H,1H3. The number of aliphatic hydroxyl groups excluding tert-OH is 1. The van der Waals surface area contributed by atoms with E-state index in [1.165, 1.54) is 12.1 Å². The minimum absolute atomic E-state index is 0.218. The van der Waals surface area contributed by atoms with Gasteiger partial charge in [-0.3, -0.25) is 0 Å². The maximum atomic E-state index is 12.6. The number of hydrogen-bond donors (Lipinski definition) is 1. The Morgan fingerprint density at radius 2 is 1.77 bits per heavy atom. The number of halogens is 3. The first kappa shape index (κ1) is 10.6. The predicted octanol–water partition coefficient (Wildman–Crippen LogP) is 3.14. The number of alkyl halides is 2. The summed E-state index contributed by atoms with van der Waals surface area (Å²) in [5, 5.41) is 9.18. The van der Waals surface area contributed by atoms with Gasteiger partial charge in [0.1, 0.15) is 6.10 Å². The molecule has 1 unspecified atom stereocenters. The third kappa shape index (κ3) is 2.74. The van der Waals surface area contributed by atoms with Gasteiger partial charge in [-0.2, -0.15) is 0 Å². The smallest absolute Gasteiger partial charge is 0.274 e. The van der Waals surface area contributed by atoms with Crippen molar-refractivity contribution in [1.29, 1.82) is 0 Å². The van der Waals surface area contributed by atoms with Gasteiger partial charge in [-0.1, -0.05) is 28.1 Å². The highest BCUT2D eigenvalue weighted by Crippen LogP contribution is 2.30. The Balaban J connectivity index is 2.90. The van der Waals surface area contributed by atoms with Gasteiger partial charge in [0.15, 0.2) is 0 Å². The largest absolute Gasteiger partial charge is 0.382 e. The molecule has 72 valence electrons. The molecule has 0 heterocycles. The fraction of sp³-hybridized carbons (Fsp3) is 0.333. The SMILES string of the molecule is CC(F)(F)C(O)c1ccc(Br)cc1. The number of rotatable bonds is 2. The summed E-state index contributed by atoms with van der Waals surface area (Å²) in [6.45, 7) is 0.694. The maximum Gasteiger partial charge on any atom is 0.274 e.